The molecule has 2 aromatic carbocycles. The summed E-state index contributed by atoms with van der Waals surface area (Å²) in [5, 5.41) is 17.9. The standard InChI is InChI=1S/C26H24N4O5/c1-33-19-11-16(12-20(34-2)25(19)35-3)24-21-22(17-8-4-5-9-18(17)31)28-29-23(21)26(32)30(24)14-15-7-6-10-27-13-15/h4-13,24,31H,14H2,1-3H3,(H,28,29). The number of rotatable bonds is 7. The topological polar surface area (TPSA) is 110 Å². The molecule has 1 aliphatic rings. The second-order valence-electron chi connectivity index (χ2n) is 8.03. The summed E-state index contributed by atoms with van der Waals surface area (Å²) in [6, 6.07) is 13.8. The number of aromatic hydroxyl groups is 1. The molecule has 0 bridgehead atoms. The number of nitrogens with one attached hydrogen (secondary N) is 1. The second kappa shape index (κ2) is 9.02. The molecule has 1 aliphatic heterocycles. The number of H-pyrrole nitrogens is 1. The summed E-state index contributed by atoms with van der Waals surface area (Å²) in [5.41, 5.74) is 3.67. The number of carbonyl (C=O) groups is 1. The minimum absolute atomic E-state index is 0.0728. The fourth-order valence-electron chi connectivity index (χ4n) is 4.53. The van der Waals surface area contributed by atoms with E-state index in [9.17, 15) is 9.90 Å². The van der Waals surface area contributed by atoms with Crippen molar-refractivity contribution in [1.29, 1.82) is 0 Å². The number of hydrogen-bond donors (Lipinski definition) is 2. The first kappa shape index (κ1) is 22.3. The van der Waals surface area contributed by atoms with Crippen LogP contribution in [0.1, 0.15) is 33.2 Å². The highest BCUT2D eigenvalue weighted by atomic mass is 16.5. The lowest BCUT2D eigenvalue weighted by Crippen LogP contribution is -2.29. The van der Waals surface area contributed by atoms with E-state index in [1.54, 1.807) is 49.7 Å². The largest absolute Gasteiger partial charge is 0.507 e. The second-order valence-corrected chi connectivity index (χ2v) is 8.03. The van der Waals surface area contributed by atoms with Crippen LogP contribution in [0.25, 0.3) is 11.3 Å². The molecule has 1 unspecified atom stereocenters. The maximum Gasteiger partial charge on any atom is 0.273 e. The molecule has 4 aromatic rings. The number of carbonyl (C=O) groups excluding carboxylic acids is 1. The molecule has 1 amide bonds. The smallest absolute Gasteiger partial charge is 0.273 e. The Morgan fingerprint density at radius 3 is 2.40 bits per heavy atom. The molecule has 5 rings (SSSR count). The van der Waals surface area contributed by atoms with Gasteiger partial charge in [0.15, 0.2) is 11.5 Å². The van der Waals surface area contributed by atoms with Gasteiger partial charge in [0.25, 0.3) is 5.91 Å². The molecule has 178 valence electrons. The molecule has 2 aromatic heterocycles. The van der Waals surface area contributed by atoms with Crippen LogP contribution in [-0.4, -0.2) is 52.4 Å². The molecule has 3 heterocycles. The van der Waals surface area contributed by atoms with Crippen LogP contribution < -0.4 is 14.2 Å². The molecule has 9 nitrogen and oxygen atoms in total. The van der Waals surface area contributed by atoms with Gasteiger partial charge in [0.2, 0.25) is 5.75 Å². The third kappa shape index (κ3) is 3.71. The van der Waals surface area contributed by atoms with E-state index in [-0.39, 0.29) is 11.7 Å². The van der Waals surface area contributed by atoms with E-state index < -0.39 is 6.04 Å². The zero-order chi connectivity index (χ0) is 24.5. The van der Waals surface area contributed by atoms with Crippen LogP contribution in [0.15, 0.2) is 60.9 Å². The van der Waals surface area contributed by atoms with E-state index in [1.165, 1.54) is 7.11 Å². The maximum atomic E-state index is 13.6. The number of benzene rings is 2. The summed E-state index contributed by atoms with van der Waals surface area (Å²) in [6.07, 6.45) is 3.42. The fourth-order valence-corrected chi connectivity index (χ4v) is 4.53. The Morgan fingerprint density at radius 2 is 1.77 bits per heavy atom. The van der Waals surface area contributed by atoms with Gasteiger partial charge >= 0.3 is 0 Å². The van der Waals surface area contributed by atoms with E-state index in [4.69, 9.17) is 14.2 Å². The van der Waals surface area contributed by atoms with Crippen molar-refractivity contribution in [3.63, 3.8) is 0 Å². The van der Waals surface area contributed by atoms with Crippen LogP contribution >= 0.6 is 0 Å². The lowest BCUT2D eigenvalue weighted by Gasteiger charge is -2.27. The van der Waals surface area contributed by atoms with Gasteiger partial charge in [0.1, 0.15) is 17.1 Å². The van der Waals surface area contributed by atoms with Gasteiger partial charge in [-0.1, -0.05) is 18.2 Å². The summed E-state index contributed by atoms with van der Waals surface area (Å²) in [5.74, 6) is 1.25. The van der Waals surface area contributed by atoms with Gasteiger partial charge in [-0.05, 0) is 41.5 Å². The summed E-state index contributed by atoms with van der Waals surface area (Å²) in [6.45, 7) is 0.316. The van der Waals surface area contributed by atoms with Crippen LogP contribution in [-0.2, 0) is 6.54 Å². The van der Waals surface area contributed by atoms with Crippen LogP contribution in [0.3, 0.4) is 0 Å². The van der Waals surface area contributed by atoms with Gasteiger partial charge in [-0.3, -0.25) is 14.9 Å². The van der Waals surface area contributed by atoms with E-state index in [0.717, 1.165) is 11.1 Å². The molecule has 0 aliphatic carbocycles. The number of phenolic OH excluding ortho intramolecular Hbond substituents is 1. The minimum Gasteiger partial charge on any atom is -0.507 e. The van der Waals surface area contributed by atoms with E-state index in [1.807, 2.05) is 30.3 Å². The first-order chi connectivity index (χ1) is 17.1. The molecule has 9 heteroatoms. The zero-order valence-corrected chi connectivity index (χ0v) is 19.5. The summed E-state index contributed by atoms with van der Waals surface area (Å²) in [4.78, 5) is 19.6. The highest BCUT2D eigenvalue weighted by Crippen LogP contribution is 2.48. The van der Waals surface area contributed by atoms with E-state index in [2.05, 4.69) is 15.2 Å². The quantitative estimate of drug-likeness (QED) is 0.419. The molecule has 0 spiro atoms. The van der Waals surface area contributed by atoms with Crippen molar-refractivity contribution in [1.82, 2.24) is 20.1 Å². The Kier molecular flexibility index (Phi) is 5.74. The predicted molar refractivity (Wildman–Crippen MR) is 128 cm³/mol. The fraction of sp³-hybridized carbons (Fsp3) is 0.192. The lowest BCUT2D eigenvalue weighted by atomic mass is 9.95. The average Bonchev–Trinajstić information content (AvgIpc) is 3.43. The molecule has 0 saturated carbocycles. The Morgan fingerprint density at radius 1 is 1.03 bits per heavy atom. The van der Waals surface area contributed by atoms with Crippen LogP contribution in [0, 0.1) is 0 Å². The molecule has 1 atom stereocenters. The Labute approximate surface area is 201 Å². The van der Waals surface area contributed by atoms with Gasteiger partial charge in [-0.25, -0.2) is 0 Å². The number of ether oxygens (including phenoxy) is 3. The highest BCUT2D eigenvalue weighted by molar-refractivity contribution is 6.00. The number of nitrogens with zero attached hydrogens (tertiary/aromatic N) is 3. The molecule has 35 heavy (non-hydrogen) atoms. The minimum atomic E-state index is -0.542. The maximum absolute atomic E-state index is 13.6. The lowest BCUT2D eigenvalue weighted by molar-refractivity contribution is 0.0729. The van der Waals surface area contributed by atoms with Crippen LogP contribution in [0.4, 0.5) is 0 Å². The van der Waals surface area contributed by atoms with E-state index >= 15 is 0 Å². The van der Waals surface area contributed by atoms with Crippen molar-refractivity contribution >= 4 is 5.91 Å². The number of phenols is 1. The summed E-state index contributed by atoms with van der Waals surface area (Å²) >= 11 is 0. The molecule has 0 saturated heterocycles. The van der Waals surface area contributed by atoms with Gasteiger partial charge in [-0.15, -0.1) is 0 Å². The molecular weight excluding hydrogens is 448 g/mol. The Bertz CT molecular complexity index is 1360. The SMILES string of the molecule is COc1cc(C2c3c(-c4ccccc4O)n[nH]c3C(=O)N2Cc2cccnc2)cc(OC)c1OC. The third-order valence-electron chi connectivity index (χ3n) is 6.10. The van der Waals surface area contributed by atoms with Crippen molar-refractivity contribution in [3.8, 4) is 34.3 Å². The Balaban J connectivity index is 1.72. The number of fused-ring (bicyclic) bond motifs is 1. The number of amides is 1. The summed E-state index contributed by atoms with van der Waals surface area (Å²) in [7, 11) is 4.63. The first-order valence-corrected chi connectivity index (χ1v) is 10.9. The van der Waals surface area contributed by atoms with Crippen LogP contribution in [0.2, 0.25) is 0 Å². The first-order valence-electron chi connectivity index (χ1n) is 10.9. The van der Waals surface area contributed by atoms with Gasteiger partial charge < -0.3 is 24.2 Å². The van der Waals surface area contributed by atoms with Crippen LogP contribution in [0.5, 0.6) is 23.0 Å². The third-order valence-corrected chi connectivity index (χ3v) is 6.10. The molecule has 0 fully saturated rings. The van der Waals surface area contributed by atoms with Crippen molar-refractivity contribution < 1.29 is 24.1 Å². The van der Waals surface area contributed by atoms with Crippen molar-refractivity contribution in [2.75, 3.05) is 21.3 Å². The predicted octanol–water partition coefficient (Wildman–Crippen LogP) is 3.95. The monoisotopic (exact) mass is 472 g/mol. The van der Waals surface area contributed by atoms with E-state index in [0.29, 0.717) is 46.3 Å². The molecule has 2 N–H and O–H groups in total. The number of para-hydroxylation sites is 1. The number of hydrogen-bond acceptors (Lipinski definition) is 7. The zero-order valence-electron chi connectivity index (χ0n) is 19.5. The number of pyridine rings is 1. The van der Waals surface area contributed by atoms with Crippen molar-refractivity contribution in [2.24, 2.45) is 0 Å². The Hall–Kier alpha value is -4.53. The van der Waals surface area contributed by atoms with Gasteiger partial charge in [0, 0.05) is 30.1 Å². The highest BCUT2D eigenvalue weighted by Gasteiger charge is 2.43. The summed E-state index contributed by atoms with van der Waals surface area (Å²) < 4.78 is 16.7. The van der Waals surface area contributed by atoms with Crippen molar-refractivity contribution in [2.45, 2.75) is 12.6 Å². The van der Waals surface area contributed by atoms with Gasteiger partial charge in [0.05, 0.1) is 27.4 Å². The molecule has 0 radical (unpaired) electrons. The molecular formula is C26H24N4O5. The average molecular weight is 473 g/mol. The van der Waals surface area contributed by atoms with Gasteiger partial charge in [-0.2, -0.15) is 5.10 Å². The number of methoxy groups -OCH3 is 3. The normalized spacial score (nSPS) is 14.7. The number of aromatic amines is 1. The number of aromatic nitrogens is 3. The van der Waals surface area contributed by atoms with Crippen molar-refractivity contribution in [3.05, 3.63) is 83.3 Å².